The first-order valence-electron chi connectivity index (χ1n) is 12.5. The fraction of sp³-hybridized carbons (Fsp3) is 0.920. The molecule has 12 atom stereocenters. The van der Waals surface area contributed by atoms with E-state index in [0.29, 0.717) is 0 Å². The van der Waals surface area contributed by atoms with E-state index in [1.807, 2.05) is 0 Å². The average Bonchev–Trinajstić information content (AvgIpc) is 3.46. The highest BCUT2D eigenvalue weighted by molar-refractivity contribution is 5.70. The predicted octanol–water partition coefficient (Wildman–Crippen LogP) is -0.198. The van der Waals surface area contributed by atoms with Crippen molar-refractivity contribution >= 4 is 11.9 Å². The molecule has 2 bridgehead atoms. The summed E-state index contributed by atoms with van der Waals surface area (Å²) >= 11 is 0. The molecule has 0 aromatic carbocycles. The van der Waals surface area contributed by atoms with Crippen LogP contribution in [0.25, 0.3) is 0 Å². The minimum atomic E-state index is -2.13. The van der Waals surface area contributed by atoms with Gasteiger partial charge in [-0.2, -0.15) is 0 Å². The van der Waals surface area contributed by atoms with Gasteiger partial charge >= 0.3 is 11.9 Å². The highest BCUT2D eigenvalue weighted by Crippen LogP contribution is 2.74. The lowest BCUT2D eigenvalue weighted by Gasteiger charge is -2.58. The summed E-state index contributed by atoms with van der Waals surface area (Å²) in [6.45, 7) is 9.13. The molecule has 0 radical (unpaired) electrons. The SMILES string of the molecule is CCC(=O)O[C@@H]1[C@@H](OC(C)=O)[C@]23C[C@@](C)(O)[C@H](CC[C@@]2(O)[C@@](C)(O)[C@@H]2[C@@H]4O[C@@H]4C(C)(C)[C@@]12O)[C@H]3O. The minimum Gasteiger partial charge on any atom is -0.458 e. The van der Waals surface area contributed by atoms with E-state index in [-0.39, 0.29) is 25.7 Å². The second-order valence-corrected chi connectivity index (χ2v) is 12.5. The van der Waals surface area contributed by atoms with Crippen LogP contribution in [0, 0.1) is 22.7 Å². The van der Waals surface area contributed by atoms with Crippen molar-refractivity contribution in [2.75, 3.05) is 0 Å². The molecule has 4 aliphatic carbocycles. The van der Waals surface area contributed by atoms with Crippen LogP contribution in [0.4, 0.5) is 0 Å². The molecule has 1 aliphatic heterocycles. The molecule has 198 valence electrons. The third-order valence-corrected chi connectivity index (χ3v) is 10.5. The fourth-order valence-corrected chi connectivity index (χ4v) is 8.82. The molecule has 1 saturated heterocycles. The van der Waals surface area contributed by atoms with Gasteiger partial charge in [0.2, 0.25) is 0 Å². The number of ether oxygens (including phenoxy) is 3. The van der Waals surface area contributed by atoms with E-state index in [9.17, 15) is 35.1 Å². The van der Waals surface area contributed by atoms with Gasteiger partial charge < -0.3 is 39.7 Å². The molecule has 4 saturated carbocycles. The normalized spacial score (nSPS) is 57.4. The van der Waals surface area contributed by atoms with Crippen LogP contribution in [0.15, 0.2) is 0 Å². The number of hydrogen-bond donors (Lipinski definition) is 5. The van der Waals surface area contributed by atoms with Crippen molar-refractivity contribution in [1.29, 1.82) is 0 Å². The molecular weight excluding hydrogens is 460 g/mol. The number of aliphatic hydroxyl groups excluding tert-OH is 1. The number of fused-ring (bicyclic) bond motifs is 4. The summed E-state index contributed by atoms with van der Waals surface area (Å²) in [4.78, 5) is 25.2. The number of rotatable bonds is 3. The van der Waals surface area contributed by atoms with E-state index in [2.05, 4.69) is 0 Å². The first-order chi connectivity index (χ1) is 15.9. The molecule has 0 aromatic rings. The summed E-state index contributed by atoms with van der Waals surface area (Å²) in [5, 5.41) is 60.4. The zero-order valence-electron chi connectivity index (χ0n) is 21.1. The quantitative estimate of drug-likeness (QED) is 0.260. The Hall–Kier alpha value is -1.30. The highest BCUT2D eigenvalue weighted by atomic mass is 16.6. The number of aliphatic hydroxyl groups is 5. The van der Waals surface area contributed by atoms with E-state index in [4.69, 9.17) is 14.2 Å². The van der Waals surface area contributed by atoms with Gasteiger partial charge in [0.25, 0.3) is 0 Å². The van der Waals surface area contributed by atoms with Crippen molar-refractivity contribution < 1.29 is 49.3 Å². The Morgan fingerprint density at radius 2 is 1.66 bits per heavy atom. The summed E-state index contributed by atoms with van der Waals surface area (Å²) in [5.41, 5.74) is -10.6. The Kier molecular flexibility index (Phi) is 5.04. The fourth-order valence-electron chi connectivity index (χ4n) is 8.82. The Labute approximate surface area is 204 Å². The molecule has 1 heterocycles. The topological polar surface area (TPSA) is 166 Å². The Balaban J connectivity index is 1.85. The standard InChI is InChI=1S/C25H38O10/c1-7-13(27)34-19-18(33-11(2)26)23-10-21(5,29)12(16(23)28)8-9-24(23,31)22(6,30)15-14-17(35-14)20(3,4)25(15,19)32/h12,14-19,28-32H,7-10H2,1-6H3/t12-,14+,15+,16-,17+,18-,19-,21-,22+,23-,24-,25+/m1/s1. The van der Waals surface area contributed by atoms with Gasteiger partial charge in [-0.3, -0.25) is 9.59 Å². The lowest BCUT2D eigenvalue weighted by Crippen LogP contribution is -2.72. The first kappa shape index (κ1) is 25.4. The summed E-state index contributed by atoms with van der Waals surface area (Å²) in [6, 6.07) is 0. The lowest BCUT2D eigenvalue weighted by molar-refractivity contribution is -0.289. The molecule has 35 heavy (non-hydrogen) atoms. The molecule has 5 fully saturated rings. The van der Waals surface area contributed by atoms with Crippen molar-refractivity contribution in [2.24, 2.45) is 22.7 Å². The van der Waals surface area contributed by atoms with E-state index in [0.717, 1.165) is 6.92 Å². The smallest absolute Gasteiger partial charge is 0.306 e. The van der Waals surface area contributed by atoms with Gasteiger partial charge in [0.05, 0.1) is 40.8 Å². The summed E-state index contributed by atoms with van der Waals surface area (Å²) in [6.07, 6.45) is -5.77. The number of hydrogen-bond acceptors (Lipinski definition) is 10. The molecule has 0 unspecified atom stereocenters. The number of carbonyl (C=O) groups is 2. The van der Waals surface area contributed by atoms with Gasteiger partial charge in [0.15, 0.2) is 12.2 Å². The predicted molar refractivity (Wildman–Crippen MR) is 119 cm³/mol. The molecule has 1 spiro atoms. The number of carbonyl (C=O) groups excluding carboxylic acids is 2. The van der Waals surface area contributed by atoms with Crippen LogP contribution in [0.5, 0.6) is 0 Å². The Morgan fingerprint density at radius 3 is 2.23 bits per heavy atom. The van der Waals surface area contributed by atoms with Crippen LogP contribution >= 0.6 is 0 Å². The Morgan fingerprint density at radius 1 is 1.03 bits per heavy atom. The van der Waals surface area contributed by atoms with Crippen LogP contribution in [-0.4, -0.2) is 90.4 Å². The van der Waals surface area contributed by atoms with Crippen LogP contribution in [-0.2, 0) is 23.8 Å². The van der Waals surface area contributed by atoms with E-state index < -0.39 is 87.5 Å². The molecule has 0 amide bonds. The molecular formula is C25H38O10. The molecule has 10 heteroatoms. The second kappa shape index (κ2) is 6.96. The summed E-state index contributed by atoms with van der Waals surface area (Å²) < 4.78 is 17.5. The van der Waals surface area contributed by atoms with Crippen molar-refractivity contribution in [1.82, 2.24) is 0 Å². The summed E-state index contributed by atoms with van der Waals surface area (Å²) in [5.74, 6) is -3.28. The second-order valence-electron chi connectivity index (χ2n) is 12.5. The molecule has 5 aliphatic rings. The van der Waals surface area contributed by atoms with Gasteiger partial charge in [-0.25, -0.2) is 0 Å². The maximum atomic E-state index is 12.7. The number of esters is 2. The zero-order valence-corrected chi connectivity index (χ0v) is 21.1. The van der Waals surface area contributed by atoms with E-state index in [1.165, 1.54) is 6.92 Å². The van der Waals surface area contributed by atoms with Gasteiger partial charge in [-0.1, -0.05) is 20.8 Å². The van der Waals surface area contributed by atoms with E-state index >= 15 is 0 Å². The Bertz CT molecular complexity index is 960. The number of epoxide rings is 1. The molecule has 5 N–H and O–H groups in total. The van der Waals surface area contributed by atoms with Gasteiger partial charge in [0.1, 0.15) is 11.2 Å². The maximum absolute atomic E-state index is 12.7. The average molecular weight is 499 g/mol. The summed E-state index contributed by atoms with van der Waals surface area (Å²) in [7, 11) is 0. The van der Waals surface area contributed by atoms with Crippen molar-refractivity contribution in [3.05, 3.63) is 0 Å². The van der Waals surface area contributed by atoms with Crippen LogP contribution in [0.1, 0.15) is 67.2 Å². The van der Waals surface area contributed by atoms with Crippen molar-refractivity contribution in [3.8, 4) is 0 Å². The van der Waals surface area contributed by atoms with E-state index in [1.54, 1.807) is 27.7 Å². The van der Waals surface area contributed by atoms with Gasteiger partial charge in [-0.05, 0) is 33.1 Å². The lowest BCUT2D eigenvalue weighted by atomic mass is 9.53. The minimum absolute atomic E-state index is 0.0333. The zero-order chi connectivity index (χ0) is 26.1. The largest absolute Gasteiger partial charge is 0.458 e. The first-order valence-corrected chi connectivity index (χ1v) is 12.5. The third-order valence-electron chi connectivity index (χ3n) is 10.5. The molecule has 5 rings (SSSR count). The highest BCUT2D eigenvalue weighted by Gasteiger charge is 2.89. The van der Waals surface area contributed by atoms with Crippen LogP contribution < -0.4 is 0 Å². The van der Waals surface area contributed by atoms with Gasteiger partial charge in [0, 0.05) is 24.7 Å². The van der Waals surface area contributed by atoms with Crippen molar-refractivity contribution in [2.45, 2.75) is 120 Å². The molecule has 10 nitrogen and oxygen atoms in total. The monoisotopic (exact) mass is 498 g/mol. The van der Waals surface area contributed by atoms with Gasteiger partial charge in [-0.15, -0.1) is 0 Å². The van der Waals surface area contributed by atoms with Crippen LogP contribution in [0.2, 0.25) is 0 Å². The van der Waals surface area contributed by atoms with Crippen LogP contribution in [0.3, 0.4) is 0 Å². The maximum Gasteiger partial charge on any atom is 0.306 e. The third kappa shape index (κ3) is 2.66. The van der Waals surface area contributed by atoms with Crippen molar-refractivity contribution in [3.63, 3.8) is 0 Å². The molecule has 0 aromatic heterocycles.